The van der Waals surface area contributed by atoms with Gasteiger partial charge in [-0.2, -0.15) is 13.2 Å². The van der Waals surface area contributed by atoms with Crippen LogP contribution in [0.25, 0.3) is 5.69 Å². The molecule has 0 aliphatic rings. The zero-order valence-corrected chi connectivity index (χ0v) is 19.6. The number of alkyl halides is 3. The highest BCUT2D eigenvalue weighted by Crippen LogP contribution is 2.30. The summed E-state index contributed by atoms with van der Waals surface area (Å²) in [4.78, 5) is 25.6. The molecule has 1 amide bonds. The van der Waals surface area contributed by atoms with Gasteiger partial charge in [0.2, 0.25) is 0 Å². The summed E-state index contributed by atoms with van der Waals surface area (Å²) >= 11 is 1.31. The normalized spacial score (nSPS) is 12.4. The summed E-state index contributed by atoms with van der Waals surface area (Å²) in [5, 5.41) is 2.61. The van der Waals surface area contributed by atoms with Crippen LogP contribution in [0, 0.1) is 6.92 Å². The minimum atomic E-state index is -4.57. The van der Waals surface area contributed by atoms with Crippen LogP contribution in [0.1, 0.15) is 32.7 Å². The molecule has 3 aromatic rings. The smallest absolute Gasteiger partial charge is 0.348 e. The van der Waals surface area contributed by atoms with Crippen molar-refractivity contribution in [1.29, 1.82) is 0 Å². The molecule has 0 aliphatic heterocycles. The van der Waals surface area contributed by atoms with E-state index in [-0.39, 0.29) is 23.5 Å². The molecule has 0 spiro atoms. The predicted octanol–water partition coefficient (Wildman–Crippen LogP) is 4.58. The summed E-state index contributed by atoms with van der Waals surface area (Å²) in [5.41, 5.74) is -0.195. The number of amides is 1. The highest BCUT2D eigenvalue weighted by molar-refractivity contribution is 9.10. The van der Waals surface area contributed by atoms with Crippen molar-refractivity contribution in [2.24, 2.45) is 0 Å². The molecular weight excluding hydrogens is 525 g/mol. The Hall–Kier alpha value is -2.76. The minimum absolute atomic E-state index is 0.00256. The molecule has 3 rings (SSSR count). The van der Waals surface area contributed by atoms with E-state index in [1.807, 2.05) is 0 Å². The molecule has 1 unspecified atom stereocenters. The first-order valence-corrected chi connectivity index (χ1v) is 11.6. The minimum Gasteiger partial charge on any atom is -0.348 e. The fourth-order valence-electron chi connectivity index (χ4n) is 3.17. The van der Waals surface area contributed by atoms with E-state index in [1.165, 1.54) is 24.3 Å². The molecule has 0 saturated carbocycles. The number of halogens is 4. The van der Waals surface area contributed by atoms with Crippen LogP contribution in [-0.2, 0) is 29.6 Å². The Kier molecular flexibility index (Phi) is 7.55. The summed E-state index contributed by atoms with van der Waals surface area (Å²) in [6.07, 6.45) is -4.57. The maximum atomic E-state index is 13.1. The highest BCUT2D eigenvalue weighted by atomic mass is 79.9. The van der Waals surface area contributed by atoms with Crippen molar-refractivity contribution in [2.75, 3.05) is 0 Å². The van der Waals surface area contributed by atoms with E-state index in [1.54, 1.807) is 25.1 Å². The van der Waals surface area contributed by atoms with Gasteiger partial charge in [0.25, 0.3) is 11.5 Å². The van der Waals surface area contributed by atoms with Crippen LogP contribution < -0.4 is 10.9 Å². The molecule has 1 heterocycles. The van der Waals surface area contributed by atoms with Crippen molar-refractivity contribution in [1.82, 2.24) is 9.88 Å². The lowest BCUT2D eigenvalue weighted by Gasteiger charge is -2.14. The molecule has 174 valence electrons. The monoisotopic (exact) mass is 542 g/mol. The van der Waals surface area contributed by atoms with Gasteiger partial charge >= 0.3 is 6.18 Å². The number of carbonyl (C=O) groups excluding carboxylic acids is 1. The number of rotatable bonds is 6. The van der Waals surface area contributed by atoms with Crippen molar-refractivity contribution in [2.45, 2.75) is 25.4 Å². The number of benzene rings is 2. The van der Waals surface area contributed by atoms with Crippen molar-refractivity contribution in [3.8, 4) is 5.69 Å². The van der Waals surface area contributed by atoms with Gasteiger partial charge < -0.3 is 9.87 Å². The van der Waals surface area contributed by atoms with Crippen LogP contribution in [0.15, 0.2) is 63.9 Å². The molecule has 1 atom stereocenters. The molecule has 0 aliphatic carbocycles. The summed E-state index contributed by atoms with van der Waals surface area (Å²) < 4.78 is 60.9. The number of hydrogen-bond donors (Lipinski definition) is 2. The zero-order valence-electron chi connectivity index (χ0n) is 17.1. The number of hydrogen-bond acceptors (Lipinski definition) is 3. The zero-order chi connectivity index (χ0) is 24.3. The summed E-state index contributed by atoms with van der Waals surface area (Å²) in [5.74, 6) is -0.733. The average Bonchev–Trinajstić information content (AvgIpc) is 2.73. The molecule has 0 fully saturated rings. The second-order valence-electron chi connectivity index (χ2n) is 7.15. The molecule has 1 aromatic heterocycles. The average molecular weight is 543 g/mol. The van der Waals surface area contributed by atoms with E-state index >= 15 is 0 Å². The molecular formula is C22H18BrF3N2O4S. The van der Waals surface area contributed by atoms with E-state index in [0.717, 1.165) is 16.7 Å². The van der Waals surface area contributed by atoms with Crippen LogP contribution >= 0.6 is 15.9 Å². The van der Waals surface area contributed by atoms with Crippen molar-refractivity contribution < 1.29 is 26.7 Å². The third-order valence-corrected chi connectivity index (χ3v) is 6.10. The largest absolute Gasteiger partial charge is 0.416 e. The first-order valence-electron chi connectivity index (χ1n) is 9.50. The fraction of sp³-hybridized carbons (Fsp3) is 0.182. The number of nitrogens with one attached hydrogen (secondary N) is 1. The van der Waals surface area contributed by atoms with Gasteiger partial charge in [0.1, 0.15) is 5.56 Å². The second-order valence-corrected chi connectivity index (χ2v) is 8.94. The fourth-order valence-corrected chi connectivity index (χ4v) is 4.44. The number of aromatic nitrogens is 1. The Morgan fingerprint density at radius 3 is 2.52 bits per heavy atom. The number of aryl methyl sites for hydroxylation is 1. The standard InChI is InChI=1S/C22H18BrF3N2O4S/c1-13-5-8-18(21(30)28(13)17-4-2-3-16(10-17)22(24,25)26)20(29)27-11-14-6-7-15(12-33(31)32)19(23)9-14/h2-10H,11-12H2,1H3,(H,27,29)(H,31,32). The van der Waals surface area contributed by atoms with Crippen LogP contribution in [0.4, 0.5) is 13.2 Å². The number of nitrogens with zero attached hydrogens (tertiary/aromatic N) is 1. The Bertz CT molecular complexity index is 1290. The van der Waals surface area contributed by atoms with Gasteiger partial charge in [-0.05, 0) is 54.4 Å². The molecule has 6 nitrogen and oxygen atoms in total. The molecule has 0 saturated heterocycles. The van der Waals surface area contributed by atoms with Gasteiger partial charge in [0.15, 0.2) is 11.1 Å². The molecule has 33 heavy (non-hydrogen) atoms. The summed E-state index contributed by atoms with van der Waals surface area (Å²) in [6, 6.07) is 12.1. The Labute approximate surface area is 197 Å². The van der Waals surface area contributed by atoms with Gasteiger partial charge in [-0.25, -0.2) is 4.21 Å². The van der Waals surface area contributed by atoms with Crippen LogP contribution in [0.3, 0.4) is 0 Å². The Balaban J connectivity index is 1.85. The Morgan fingerprint density at radius 1 is 1.15 bits per heavy atom. The lowest BCUT2D eigenvalue weighted by Crippen LogP contribution is -2.33. The first-order chi connectivity index (χ1) is 15.5. The lowest BCUT2D eigenvalue weighted by molar-refractivity contribution is -0.137. The van der Waals surface area contributed by atoms with E-state index in [9.17, 15) is 27.0 Å². The van der Waals surface area contributed by atoms with Crippen molar-refractivity contribution >= 4 is 32.9 Å². The van der Waals surface area contributed by atoms with Gasteiger partial charge in [0.05, 0.1) is 11.3 Å². The van der Waals surface area contributed by atoms with E-state index < -0.39 is 34.3 Å². The second kappa shape index (κ2) is 10.0. The Morgan fingerprint density at radius 2 is 1.88 bits per heavy atom. The maximum absolute atomic E-state index is 13.1. The molecule has 0 radical (unpaired) electrons. The molecule has 11 heteroatoms. The molecule has 2 N–H and O–H groups in total. The molecule has 2 aromatic carbocycles. The van der Waals surface area contributed by atoms with E-state index in [2.05, 4.69) is 21.2 Å². The maximum Gasteiger partial charge on any atom is 0.416 e. The highest BCUT2D eigenvalue weighted by Gasteiger charge is 2.30. The van der Waals surface area contributed by atoms with Gasteiger partial charge in [-0.15, -0.1) is 0 Å². The van der Waals surface area contributed by atoms with Crippen LogP contribution in [0.2, 0.25) is 0 Å². The summed E-state index contributed by atoms with van der Waals surface area (Å²) in [7, 11) is 0. The topological polar surface area (TPSA) is 88.4 Å². The van der Waals surface area contributed by atoms with E-state index in [4.69, 9.17) is 4.55 Å². The van der Waals surface area contributed by atoms with Gasteiger partial charge in [0, 0.05) is 22.4 Å². The van der Waals surface area contributed by atoms with Gasteiger partial charge in [-0.3, -0.25) is 14.2 Å². The number of carbonyl (C=O) groups is 1. The predicted molar refractivity (Wildman–Crippen MR) is 122 cm³/mol. The number of pyridine rings is 1. The van der Waals surface area contributed by atoms with Crippen molar-refractivity contribution in [3.05, 3.63) is 97.4 Å². The lowest BCUT2D eigenvalue weighted by atomic mass is 10.1. The van der Waals surface area contributed by atoms with Gasteiger partial charge in [-0.1, -0.05) is 34.1 Å². The van der Waals surface area contributed by atoms with E-state index in [0.29, 0.717) is 21.3 Å². The SMILES string of the molecule is Cc1ccc(C(=O)NCc2ccc(CS(=O)O)c(Br)c2)c(=O)n1-c1cccc(C(F)(F)F)c1. The first kappa shape index (κ1) is 24.9. The third kappa shape index (κ3) is 5.98. The van der Waals surface area contributed by atoms with Crippen molar-refractivity contribution in [3.63, 3.8) is 0 Å². The van der Waals surface area contributed by atoms with Crippen LogP contribution in [0.5, 0.6) is 0 Å². The molecule has 0 bridgehead atoms. The quantitative estimate of drug-likeness (QED) is 0.446. The third-order valence-electron chi connectivity index (χ3n) is 4.80. The van der Waals surface area contributed by atoms with Crippen LogP contribution in [-0.4, -0.2) is 19.2 Å². The summed E-state index contributed by atoms with van der Waals surface area (Å²) in [6.45, 7) is 1.62.